The fraction of sp³-hybridized carbons (Fsp3) is 0.227. The molecular weight excluding hydrogens is 368 g/mol. The number of fused-ring (bicyclic) bond motifs is 1. The average molecular weight is 388 g/mol. The smallest absolute Gasteiger partial charge is 0.283 e. The van der Waals surface area contributed by atoms with Gasteiger partial charge in [-0.25, -0.2) is 4.98 Å². The molecule has 0 unspecified atom stereocenters. The zero-order valence-corrected chi connectivity index (χ0v) is 16.6. The molecular formula is C22H20N4OS. The van der Waals surface area contributed by atoms with E-state index in [-0.39, 0.29) is 5.56 Å². The molecule has 1 saturated carbocycles. The maximum Gasteiger partial charge on any atom is 0.283 e. The van der Waals surface area contributed by atoms with Gasteiger partial charge in [0.15, 0.2) is 0 Å². The average Bonchev–Trinajstić information content (AvgIpc) is 3.36. The predicted octanol–water partition coefficient (Wildman–Crippen LogP) is 4.76. The molecule has 0 spiro atoms. The molecule has 6 heteroatoms. The number of hydrogen-bond donors (Lipinski definition) is 0. The summed E-state index contributed by atoms with van der Waals surface area (Å²) in [6.07, 6.45) is 5.76. The first-order valence-electron chi connectivity index (χ1n) is 9.40. The molecule has 0 bridgehead atoms. The predicted molar refractivity (Wildman–Crippen MR) is 114 cm³/mol. The highest BCUT2D eigenvalue weighted by atomic mass is 32.1. The van der Waals surface area contributed by atoms with E-state index in [0.717, 1.165) is 21.5 Å². The summed E-state index contributed by atoms with van der Waals surface area (Å²) in [7, 11) is 0. The fourth-order valence-electron chi connectivity index (χ4n) is 3.79. The summed E-state index contributed by atoms with van der Waals surface area (Å²) in [6, 6.07) is 12.7. The summed E-state index contributed by atoms with van der Waals surface area (Å²) in [5.41, 5.74) is 5.28. The van der Waals surface area contributed by atoms with Crippen molar-refractivity contribution in [3.63, 3.8) is 0 Å². The number of benzene rings is 1. The third kappa shape index (κ3) is 2.81. The number of aromatic nitrogens is 3. The van der Waals surface area contributed by atoms with Gasteiger partial charge < -0.3 is 4.57 Å². The van der Waals surface area contributed by atoms with Crippen molar-refractivity contribution >= 4 is 27.8 Å². The van der Waals surface area contributed by atoms with E-state index in [9.17, 15) is 4.79 Å². The summed E-state index contributed by atoms with van der Waals surface area (Å²) < 4.78 is 3.71. The second-order valence-electron chi connectivity index (χ2n) is 7.26. The van der Waals surface area contributed by atoms with Crippen LogP contribution in [0.2, 0.25) is 0 Å². The third-order valence-corrected chi connectivity index (χ3v) is 6.21. The number of hydrogen-bond acceptors (Lipinski definition) is 4. The summed E-state index contributed by atoms with van der Waals surface area (Å²) >= 11 is 1.48. The lowest BCUT2D eigenvalue weighted by molar-refractivity contribution is 0.699. The molecule has 0 aliphatic heterocycles. The molecule has 28 heavy (non-hydrogen) atoms. The first-order valence-corrected chi connectivity index (χ1v) is 10.3. The maximum atomic E-state index is 13.1. The Morgan fingerprint density at radius 3 is 2.75 bits per heavy atom. The van der Waals surface area contributed by atoms with Gasteiger partial charge >= 0.3 is 0 Å². The summed E-state index contributed by atoms with van der Waals surface area (Å²) in [5, 5.41) is 7.06. The van der Waals surface area contributed by atoms with Crippen molar-refractivity contribution < 1.29 is 0 Å². The fourth-order valence-corrected chi connectivity index (χ4v) is 4.69. The second-order valence-corrected chi connectivity index (χ2v) is 8.12. The standard InChI is InChI=1S/C22H20N4OS/c1-14-10-17(15(2)26(14)18-8-9-18)11-24-25-13-23-21-20(22(25)27)19(12-28-21)16-6-4-3-5-7-16/h3-7,10-13,18H,8-9H2,1-2H3. The Bertz CT molecular complexity index is 1260. The largest absolute Gasteiger partial charge is 0.345 e. The van der Waals surface area contributed by atoms with E-state index in [0.29, 0.717) is 11.4 Å². The molecule has 0 atom stereocenters. The van der Waals surface area contributed by atoms with E-state index >= 15 is 0 Å². The van der Waals surface area contributed by atoms with E-state index in [1.165, 1.54) is 46.6 Å². The van der Waals surface area contributed by atoms with Gasteiger partial charge in [0.05, 0.1) is 11.6 Å². The molecule has 5 nitrogen and oxygen atoms in total. The third-order valence-electron chi connectivity index (χ3n) is 5.32. The Labute approximate surface area is 166 Å². The number of thiophene rings is 1. The minimum atomic E-state index is -0.141. The second kappa shape index (κ2) is 6.56. The lowest BCUT2D eigenvalue weighted by atomic mass is 10.1. The molecule has 1 aromatic carbocycles. The first-order chi connectivity index (χ1) is 13.6. The van der Waals surface area contributed by atoms with Crippen LogP contribution < -0.4 is 5.56 Å². The molecule has 1 aliphatic rings. The van der Waals surface area contributed by atoms with Crippen LogP contribution in [0.25, 0.3) is 21.3 Å². The van der Waals surface area contributed by atoms with Gasteiger partial charge in [-0.05, 0) is 38.3 Å². The van der Waals surface area contributed by atoms with Crippen molar-refractivity contribution in [3.8, 4) is 11.1 Å². The van der Waals surface area contributed by atoms with Crippen molar-refractivity contribution in [2.24, 2.45) is 5.10 Å². The van der Waals surface area contributed by atoms with Crippen LogP contribution in [0.5, 0.6) is 0 Å². The van der Waals surface area contributed by atoms with Gasteiger partial charge in [0.25, 0.3) is 5.56 Å². The number of rotatable bonds is 4. The van der Waals surface area contributed by atoms with E-state index < -0.39 is 0 Å². The van der Waals surface area contributed by atoms with E-state index in [4.69, 9.17) is 0 Å². The Morgan fingerprint density at radius 2 is 2.00 bits per heavy atom. The highest BCUT2D eigenvalue weighted by Gasteiger charge is 2.26. The molecule has 4 aromatic rings. The van der Waals surface area contributed by atoms with Gasteiger partial charge in [0.2, 0.25) is 0 Å². The van der Waals surface area contributed by atoms with Gasteiger partial charge in [0.1, 0.15) is 11.2 Å². The van der Waals surface area contributed by atoms with Gasteiger partial charge in [-0.2, -0.15) is 9.78 Å². The van der Waals surface area contributed by atoms with Crippen LogP contribution >= 0.6 is 11.3 Å². The van der Waals surface area contributed by atoms with Crippen molar-refractivity contribution in [1.29, 1.82) is 0 Å². The van der Waals surface area contributed by atoms with Crippen LogP contribution in [-0.2, 0) is 0 Å². The molecule has 140 valence electrons. The van der Waals surface area contributed by atoms with Crippen LogP contribution in [0.15, 0.2) is 58.0 Å². The normalized spacial score (nSPS) is 14.4. The van der Waals surface area contributed by atoms with Crippen LogP contribution in [0.3, 0.4) is 0 Å². The van der Waals surface area contributed by atoms with Crippen molar-refractivity contribution in [2.45, 2.75) is 32.7 Å². The molecule has 3 aromatic heterocycles. The molecule has 5 rings (SSSR count). The molecule has 0 amide bonds. The Kier molecular flexibility index (Phi) is 4.02. The van der Waals surface area contributed by atoms with Crippen LogP contribution in [0.1, 0.15) is 35.8 Å². The summed E-state index contributed by atoms with van der Waals surface area (Å²) in [6.45, 7) is 4.24. The molecule has 0 radical (unpaired) electrons. The lowest BCUT2D eigenvalue weighted by Gasteiger charge is -2.06. The minimum Gasteiger partial charge on any atom is -0.345 e. The van der Waals surface area contributed by atoms with Gasteiger partial charge in [-0.1, -0.05) is 30.3 Å². The molecule has 0 saturated heterocycles. The van der Waals surface area contributed by atoms with Gasteiger partial charge in [-0.15, -0.1) is 11.3 Å². The van der Waals surface area contributed by atoms with Gasteiger partial charge in [-0.3, -0.25) is 4.79 Å². The minimum absolute atomic E-state index is 0.141. The summed E-state index contributed by atoms with van der Waals surface area (Å²) in [4.78, 5) is 18.3. The SMILES string of the molecule is Cc1cc(C=Nn2cnc3scc(-c4ccccc4)c3c2=O)c(C)n1C1CC1. The van der Waals surface area contributed by atoms with Crippen LogP contribution in [0.4, 0.5) is 0 Å². The first kappa shape index (κ1) is 17.1. The van der Waals surface area contributed by atoms with E-state index in [1.54, 1.807) is 6.21 Å². The molecule has 0 N–H and O–H groups in total. The Morgan fingerprint density at radius 1 is 1.21 bits per heavy atom. The quantitative estimate of drug-likeness (QED) is 0.473. The van der Waals surface area contributed by atoms with Crippen molar-refractivity contribution in [3.05, 3.63) is 75.4 Å². The zero-order valence-electron chi connectivity index (χ0n) is 15.8. The highest BCUT2D eigenvalue weighted by Crippen LogP contribution is 2.38. The maximum absolute atomic E-state index is 13.1. The van der Waals surface area contributed by atoms with Crippen LogP contribution in [-0.4, -0.2) is 20.4 Å². The molecule has 1 aliphatic carbocycles. The zero-order chi connectivity index (χ0) is 19.3. The van der Waals surface area contributed by atoms with Crippen molar-refractivity contribution in [2.75, 3.05) is 0 Å². The number of aryl methyl sites for hydroxylation is 1. The monoisotopic (exact) mass is 388 g/mol. The summed E-state index contributed by atoms with van der Waals surface area (Å²) in [5.74, 6) is 0. The highest BCUT2D eigenvalue weighted by molar-refractivity contribution is 7.17. The van der Waals surface area contributed by atoms with Crippen molar-refractivity contribution in [1.82, 2.24) is 14.2 Å². The van der Waals surface area contributed by atoms with Crippen LogP contribution in [0, 0.1) is 13.8 Å². The Balaban J connectivity index is 1.57. The van der Waals surface area contributed by atoms with E-state index in [1.807, 2.05) is 35.7 Å². The topological polar surface area (TPSA) is 52.2 Å². The molecule has 1 fully saturated rings. The lowest BCUT2D eigenvalue weighted by Crippen LogP contribution is -2.16. The number of nitrogens with zero attached hydrogens (tertiary/aromatic N) is 4. The Hall–Kier alpha value is -2.99. The van der Waals surface area contributed by atoms with E-state index in [2.05, 4.69) is 34.6 Å². The van der Waals surface area contributed by atoms with Gasteiger partial charge in [0, 0.05) is 33.9 Å². The molecule has 3 heterocycles.